The highest BCUT2D eigenvalue weighted by Crippen LogP contribution is 2.32. The van der Waals surface area contributed by atoms with E-state index in [1.165, 1.54) is 17.3 Å². The summed E-state index contributed by atoms with van der Waals surface area (Å²) in [6.45, 7) is 4.60. The molecule has 0 saturated carbocycles. The summed E-state index contributed by atoms with van der Waals surface area (Å²) in [7, 11) is 0. The zero-order chi connectivity index (χ0) is 21.9. The summed E-state index contributed by atoms with van der Waals surface area (Å²) in [5.41, 5.74) is 2.32. The van der Waals surface area contributed by atoms with E-state index in [1.54, 1.807) is 6.08 Å². The molecule has 0 bridgehead atoms. The van der Waals surface area contributed by atoms with Crippen LogP contribution in [0, 0.1) is 0 Å². The molecule has 1 saturated heterocycles. The van der Waals surface area contributed by atoms with Crippen LogP contribution in [-0.2, 0) is 11.3 Å². The Hall–Kier alpha value is -2.61. The lowest BCUT2D eigenvalue weighted by molar-refractivity contribution is -0.113. The molecule has 2 aromatic carbocycles. The summed E-state index contributed by atoms with van der Waals surface area (Å²) >= 11 is 4.88. The van der Waals surface area contributed by atoms with Crippen LogP contribution in [0.4, 0.5) is 0 Å². The van der Waals surface area contributed by atoms with Crippen molar-refractivity contribution in [1.29, 1.82) is 0 Å². The number of hydrogen-bond donors (Lipinski definition) is 0. The van der Waals surface area contributed by atoms with Crippen molar-refractivity contribution in [2.45, 2.75) is 6.54 Å². The quantitative estimate of drug-likeness (QED) is 0.436. The third-order valence-electron chi connectivity index (χ3n) is 5.53. The fourth-order valence-electron chi connectivity index (χ4n) is 3.80. The molecule has 162 valence electrons. The molecule has 32 heavy (non-hydrogen) atoms. The van der Waals surface area contributed by atoms with E-state index in [1.807, 2.05) is 42.5 Å². The molecule has 3 aromatic rings. The summed E-state index contributed by atoms with van der Waals surface area (Å²) < 4.78 is 6.96. The first-order valence-electron chi connectivity index (χ1n) is 10.5. The van der Waals surface area contributed by atoms with Gasteiger partial charge in [0.1, 0.15) is 11.5 Å². The van der Waals surface area contributed by atoms with Crippen molar-refractivity contribution in [3.8, 4) is 11.3 Å². The van der Waals surface area contributed by atoms with Gasteiger partial charge in [0, 0.05) is 48.8 Å². The topological polar surface area (TPSA) is 49.1 Å². The van der Waals surface area contributed by atoms with Crippen LogP contribution in [0.25, 0.3) is 17.4 Å². The lowest BCUT2D eigenvalue weighted by Crippen LogP contribution is -2.47. The van der Waals surface area contributed by atoms with Gasteiger partial charge in [-0.25, -0.2) is 0 Å². The van der Waals surface area contributed by atoms with Crippen LogP contribution in [0.2, 0.25) is 0 Å². The van der Waals surface area contributed by atoms with Crippen molar-refractivity contribution in [2.75, 3.05) is 26.2 Å². The Kier molecular flexibility index (Phi) is 6.30. The molecule has 5 rings (SSSR count). The van der Waals surface area contributed by atoms with Gasteiger partial charge in [-0.2, -0.15) is 4.99 Å². The highest BCUT2D eigenvalue weighted by molar-refractivity contribution is 9.10. The second-order valence-corrected chi connectivity index (χ2v) is 9.69. The molecule has 5 nitrogen and oxygen atoms in total. The predicted octanol–water partition coefficient (Wildman–Crippen LogP) is 5.50. The molecule has 2 aliphatic heterocycles. The minimum Gasteiger partial charge on any atom is -0.457 e. The molecule has 0 radical (unpaired) electrons. The molecule has 7 heteroatoms. The maximum atomic E-state index is 12.5. The average Bonchev–Trinajstić information content (AvgIpc) is 3.43. The number of benzene rings is 2. The number of halogens is 1. The smallest absolute Gasteiger partial charge is 0.286 e. The third kappa shape index (κ3) is 4.90. The number of carbonyl (C=O) groups excluding carboxylic acids is 1. The van der Waals surface area contributed by atoms with E-state index in [0.29, 0.717) is 10.7 Å². The second kappa shape index (κ2) is 9.48. The monoisotopic (exact) mass is 507 g/mol. The van der Waals surface area contributed by atoms with Gasteiger partial charge < -0.3 is 9.32 Å². The first kappa shape index (κ1) is 21.2. The molecule has 0 atom stereocenters. The largest absolute Gasteiger partial charge is 0.457 e. The van der Waals surface area contributed by atoms with Crippen molar-refractivity contribution in [3.63, 3.8) is 0 Å². The molecule has 0 N–H and O–H groups in total. The Morgan fingerprint density at radius 3 is 2.47 bits per heavy atom. The van der Waals surface area contributed by atoms with Crippen molar-refractivity contribution in [1.82, 2.24) is 9.80 Å². The molecule has 3 heterocycles. The Labute approximate surface area is 199 Å². The second-order valence-electron chi connectivity index (χ2n) is 7.77. The fraction of sp³-hybridized carbons (Fsp3) is 0.200. The van der Waals surface area contributed by atoms with Crippen LogP contribution in [-0.4, -0.2) is 47.1 Å². The van der Waals surface area contributed by atoms with E-state index < -0.39 is 0 Å². The summed E-state index contributed by atoms with van der Waals surface area (Å²) in [6, 6.07) is 22.3. The minimum absolute atomic E-state index is 0.196. The Balaban J connectivity index is 1.20. The van der Waals surface area contributed by atoms with Crippen LogP contribution in [0.5, 0.6) is 0 Å². The van der Waals surface area contributed by atoms with Crippen LogP contribution in [0.1, 0.15) is 11.3 Å². The lowest BCUT2D eigenvalue weighted by atomic mass is 10.2. The van der Waals surface area contributed by atoms with Crippen molar-refractivity contribution < 1.29 is 9.21 Å². The number of hydrogen-bond acceptors (Lipinski definition) is 5. The molecular weight excluding hydrogens is 486 g/mol. The summed E-state index contributed by atoms with van der Waals surface area (Å²) in [6.07, 6.45) is 1.79. The number of amides is 1. The normalized spacial score (nSPS) is 18.4. The van der Waals surface area contributed by atoms with E-state index in [2.05, 4.69) is 55.0 Å². The number of thioether (sulfide) groups is 1. The molecule has 0 aliphatic carbocycles. The highest BCUT2D eigenvalue weighted by Gasteiger charge is 2.28. The van der Waals surface area contributed by atoms with Gasteiger partial charge >= 0.3 is 0 Å². The maximum Gasteiger partial charge on any atom is 0.286 e. The van der Waals surface area contributed by atoms with Gasteiger partial charge in [0.05, 0.1) is 4.91 Å². The van der Waals surface area contributed by atoms with E-state index in [-0.39, 0.29) is 5.91 Å². The number of nitrogens with zero attached hydrogens (tertiary/aromatic N) is 3. The summed E-state index contributed by atoms with van der Waals surface area (Å²) in [4.78, 5) is 22.0. The molecule has 0 unspecified atom stereocenters. The SMILES string of the molecule is O=C1N=C(N2CCN(Cc3ccccc3)CC2)SC1=Cc1ccc(-c2ccc(Br)cc2)o1. The van der Waals surface area contributed by atoms with E-state index >= 15 is 0 Å². The van der Waals surface area contributed by atoms with Crippen molar-refractivity contribution in [2.24, 2.45) is 4.99 Å². The van der Waals surface area contributed by atoms with E-state index in [0.717, 1.165) is 53.7 Å². The predicted molar refractivity (Wildman–Crippen MR) is 133 cm³/mol. The number of amidine groups is 1. The lowest BCUT2D eigenvalue weighted by Gasteiger charge is -2.35. The molecule has 1 fully saturated rings. The molecule has 1 aromatic heterocycles. The maximum absolute atomic E-state index is 12.5. The van der Waals surface area contributed by atoms with Gasteiger partial charge in [-0.3, -0.25) is 9.69 Å². The van der Waals surface area contributed by atoms with Gasteiger partial charge in [-0.15, -0.1) is 0 Å². The van der Waals surface area contributed by atoms with Crippen LogP contribution >= 0.6 is 27.7 Å². The molecule has 0 spiro atoms. The van der Waals surface area contributed by atoms with Crippen LogP contribution in [0.15, 0.2) is 85.5 Å². The number of piperazine rings is 1. The number of aliphatic imine (C=N–C) groups is 1. The number of furan rings is 1. The van der Waals surface area contributed by atoms with E-state index in [9.17, 15) is 4.79 Å². The standard InChI is InChI=1S/C25H22BrN3O2S/c26-20-8-6-19(7-9-20)22-11-10-21(31-22)16-23-24(30)27-25(32-23)29-14-12-28(13-15-29)17-18-4-2-1-3-5-18/h1-11,16H,12-15,17H2. The third-order valence-corrected chi connectivity index (χ3v) is 7.10. The first-order valence-corrected chi connectivity index (χ1v) is 12.1. The first-order chi connectivity index (χ1) is 15.6. The van der Waals surface area contributed by atoms with Gasteiger partial charge in [-0.05, 0) is 41.6 Å². The number of carbonyl (C=O) groups is 1. The van der Waals surface area contributed by atoms with Gasteiger partial charge in [-0.1, -0.05) is 58.4 Å². The van der Waals surface area contributed by atoms with Crippen LogP contribution in [0.3, 0.4) is 0 Å². The molecule has 2 aliphatic rings. The molecular formula is C25H22BrN3O2S. The Bertz CT molecular complexity index is 1160. The number of rotatable bonds is 4. The van der Waals surface area contributed by atoms with E-state index in [4.69, 9.17) is 4.42 Å². The Morgan fingerprint density at radius 2 is 1.72 bits per heavy atom. The average molecular weight is 508 g/mol. The fourth-order valence-corrected chi connectivity index (χ4v) is 5.01. The Morgan fingerprint density at radius 1 is 0.969 bits per heavy atom. The molecule has 1 amide bonds. The van der Waals surface area contributed by atoms with Gasteiger partial charge in [0.25, 0.3) is 5.91 Å². The van der Waals surface area contributed by atoms with Gasteiger partial charge in [0.15, 0.2) is 5.17 Å². The summed E-state index contributed by atoms with van der Waals surface area (Å²) in [5, 5.41) is 0.792. The summed E-state index contributed by atoms with van der Waals surface area (Å²) in [5.74, 6) is 1.23. The zero-order valence-electron chi connectivity index (χ0n) is 17.4. The van der Waals surface area contributed by atoms with Crippen LogP contribution < -0.4 is 0 Å². The van der Waals surface area contributed by atoms with Crippen molar-refractivity contribution in [3.05, 3.63) is 87.4 Å². The minimum atomic E-state index is -0.196. The van der Waals surface area contributed by atoms with Gasteiger partial charge in [0.2, 0.25) is 0 Å². The van der Waals surface area contributed by atoms with Crippen molar-refractivity contribution >= 4 is 44.8 Å². The zero-order valence-corrected chi connectivity index (χ0v) is 19.8. The highest BCUT2D eigenvalue weighted by atomic mass is 79.9.